The summed E-state index contributed by atoms with van der Waals surface area (Å²) >= 11 is 1.49. The van der Waals surface area contributed by atoms with Crippen LogP contribution in [-0.2, 0) is 4.74 Å². The minimum Gasteiger partial charge on any atom is -0.369 e. The van der Waals surface area contributed by atoms with E-state index in [9.17, 15) is 4.39 Å². The molecule has 2 N–H and O–H groups in total. The van der Waals surface area contributed by atoms with Gasteiger partial charge in [-0.25, -0.2) is 4.39 Å². The molecule has 2 atom stereocenters. The van der Waals surface area contributed by atoms with E-state index in [-0.39, 0.29) is 29.0 Å². The van der Waals surface area contributed by atoms with Crippen LogP contribution in [0.5, 0.6) is 0 Å². The fourth-order valence-electron chi connectivity index (χ4n) is 3.14. The molecule has 0 spiro atoms. The molecule has 0 radical (unpaired) electrons. The maximum Gasteiger partial charge on any atom is 0.136 e. The van der Waals surface area contributed by atoms with Gasteiger partial charge in [-0.05, 0) is 46.2 Å². The Balaban J connectivity index is 1.99. The fraction of sp³-hybridized carbons (Fsp3) is 0.625. The third-order valence-electron chi connectivity index (χ3n) is 3.93. The van der Waals surface area contributed by atoms with Crippen LogP contribution in [0.15, 0.2) is 29.2 Å². The summed E-state index contributed by atoms with van der Waals surface area (Å²) in [5, 5.41) is 0. The zero-order chi connectivity index (χ0) is 15.0. The summed E-state index contributed by atoms with van der Waals surface area (Å²) in [6, 6.07) is 6.83. The molecule has 1 saturated heterocycles. The van der Waals surface area contributed by atoms with Gasteiger partial charge in [-0.15, -0.1) is 11.8 Å². The first-order valence-corrected chi connectivity index (χ1v) is 8.03. The predicted octanol–water partition coefficient (Wildman–Crippen LogP) is 3.84. The molecule has 2 unspecified atom stereocenters. The molecule has 20 heavy (non-hydrogen) atoms. The number of rotatable bonds is 4. The second-order valence-corrected chi connectivity index (χ2v) is 7.74. The minimum absolute atomic E-state index is 0.00335. The van der Waals surface area contributed by atoms with Gasteiger partial charge in [-0.1, -0.05) is 12.1 Å². The van der Waals surface area contributed by atoms with Crippen LogP contribution in [0, 0.1) is 11.7 Å². The highest BCUT2D eigenvalue weighted by atomic mass is 32.2. The van der Waals surface area contributed by atoms with E-state index < -0.39 is 0 Å². The second kappa shape index (κ2) is 5.66. The highest BCUT2D eigenvalue weighted by molar-refractivity contribution is 7.99. The van der Waals surface area contributed by atoms with Crippen LogP contribution in [0.2, 0.25) is 0 Å². The summed E-state index contributed by atoms with van der Waals surface area (Å²) in [5.74, 6) is 0.817. The number of hydrogen-bond acceptors (Lipinski definition) is 3. The van der Waals surface area contributed by atoms with E-state index >= 15 is 0 Å². The number of halogens is 1. The number of thioether (sulfide) groups is 1. The molecule has 0 aromatic heterocycles. The van der Waals surface area contributed by atoms with Gasteiger partial charge in [0.25, 0.3) is 0 Å². The van der Waals surface area contributed by atoms with E-state index in [4.69, 9.17) is 10.5 Å². The van der Waals surface area contributed by atoms with Crippen molar-refractivity contribution < 1.29 is 9.13 Å². The van der Waals surface area contributed by atoms with Crippen molar-refractivity contribution in [2.75, 3.05) is 5.75 Å². The summed E-state index contributed by atoms with van der Waals surface area (Å²) in [5.41, 5.74) is 6.00. The third-order valence-corrected chi connectivity index (χ3v) is 5.12. The molecule has 0 bridgehead atoms. The first-order chi connectivity index (χ1) is 9.21. The summed E-state index contributed by atoms with van der Waals surface area (Å²) in [6.07, 6.45) is 0.943. The van der Waals surface area contributed by atoms with Gasteiger partial charge in [0, 0.05) is 22.6 Å². The van der Waals surface area contributed by atoms with Crippen LogP contribution in [0.1, 0.15) is 34.1 Å². The number of nitrogens with two attached hydrogens (primary N) is 1. The zero-order valence-electron chi connectivity index (χ0n) is 12.7. The SMILES string of the molecule is CC1(C)CC(C(N)CSc2ccccc2F)C(C)(C)O1. The molecule has 0 aliphatic carbocycles. The quantitative estimate of drug-likeness (QED) is 0.858. The molecule has 1 aromatic carbocycles. The minimum atomic E-state index is -0.224. The van der Waals surface area contributed by atoms with Gasteiger partial charge in [-0.3, -0.25) is 0 Å². The van der Waals surface area contributed by atoms with Gasteiger partial charge in [0.15, 0.2) is 0 Å². The third kappa shape index (κ3) is 3.54. The van der Waals surface area contributed by atoms with Gasteiger partial charge in [0.2, 0.25) is 0 Å². The first kappa shape index (κ1) is 15.8. The lowest BCUT2D eigenvalue weighted by atomic mass is 9.83. The Labute approximate surface area is 125 Å². The lowest BCUT2D eigenvalue weighted by molar-refractivity contribution is -0.0759. The van der Waals surface area contributed by atoms with Crippen molar-refractivity contribution in [1.29, 1.82) is 0 Å². The summed E-state index contributed by atoms with van der Waals surface area (Å²) in [4.78, 5) is 0.666. The highest BCUT2D eigenvalue weighted by Gasteiger charge is 2.48. The largest absolute Gasteiger partial charge is 0.369 e. The van der Waals surface area contributed by atoms with Crippen molar-refractivity contribution in [1.82, 2.24) is 0 Å². The molecule has 112 valence electrons. The van der Waals surface area contributed by atoms with Crippen molar-refractivity contribution in [3.8, 4) is 0 Å². The average Bonchev–Trinajstić information content (AvgIpc) is 2.56. The van der Waals surface area contributed by atoms with Gasteiger partial charge >= 0.3 is 0 Å². The summed E-state index contributed by atoms with van der Waals surface area (Å²) in [7, 11) is 0. The molecular weight excluding hydrogens is 273 g/mol. The lowest BCUT2D eigenvalue weighted by Gasteiger charge is -2.30. The smallest absolute Gasteiger partial charge is 0.136 e. The number of hydrogen-bond donors (Lipinski definition) is 1. The van der Waals surface area contributed by atoms with E-state index in [1.165, 1.54) is 17.8 Å². The van der Waals surface area contributed by atoms with Gasteiger partial charge in [0.05, 0.1) is 11.2 Å². The molecule has 1 fully saturated rings. The Hall–Kier alpha value is -0.580. The molecule has 1 aromatic rings. The molecule has 2 nitrogen and oxygen atoms in total. The van der Waals surface area contributed by atoms with E-state index in [1.807, 2.05) is 6.07 Å². The van der Waals surface area contributed by atoms with Gasteiger partial charge in [-0.2, -0.15) is 0 Å². The van der Waals surface area contributed by atoms with E-state index in [0.29, 0.717) is 10.6 Å². The van der Waals surface area contributed by atoms with Crippen molar-refractivity contribution >= 4 is 11.8 Å². The zero-order valence-corrected chi connectivity index (χ0v) is 13.5. The molecule has 1 aliphatic rings. The maximum absolute atomic E-state index is 13.6. The first-order valence-electron chi connectivity index (χ1n) is 7.04. The normalized spacial score (nSPS) is 25.6. The van der Waals surface area contributed by atoms with Gasteiger partial charge in [0.1, 0.15) is 5.82 Å². The van der Waals surface area contributed by atoms with Crippen molar-refractivity contribution in [2.45, 2.75) is 56.3 Å². The Morgan fingerprint density at radius 1 is 1.35 bits per heavy atom. The number of benzene rings is 1. The molecule has 2 rings (SSSR count). The van der Waals surface area contributed by atoms with Crippen LogP contribution in [0.25, 0.3) is 0 Å². The Morgan fingerprint density at radius 3 is 2.55 bits per heavy atom. The van der Waals surface area contributed by atoms with Crippen molar-refractivity contribution in [2.24, 2.45) is 11.7 Å². The molecule has 1 aliphatic heterocycles. The fourth-order valence-corrected chi connectivity index (χ4v) is 4.12. The van der Waals surface area contributed by atoms with Crippen LogP contribution >= 0.6 is 11.8 Å². The average molecular weight is 297 g/mol. The highest BCUT2D eigenvalue weighted by Crippen LogP contribution is 2.43. The van der Waals surface area contributed by atoms with Crippen LogP contribution < -0.4 is 5.73 Å². The van der Waals surface area contributed by atoms with Crippen LogP contribution in [0.3, 0.4) is 0 Å². The molecule has 4 heteroatoms. The second-order valence-electron chi connectivity index (χ2n) is 6.68. The van der Waals surface area contributed by atoms with E-state index in [1.54, 1.807) is 12.1 Å². The summed E-state index contributed by atoms with van der Waals surface area (Å²) in [6.45, 7) is 8.40. The predicted molar refractivity (Wildman–Crippen MR) is 82.4 cm³/mol. The molecule has 0 amide bonds. The Bertz CT molecular complexity index is 475. The monoisotopic (exact) mass is 297 g/mol. The van der Waals surface area contributed by atoms with Crippen LogP contribution in [0.4, 0.5) is 4.39 Å². The van der Waals surface area contributed by atoms with Crippen LogP contribution in [-0.4, -0.2) is 23.0 Å². The standard InChI is InChI=1S/C16H24FNOS/c1-15(2)9-11(16(3,4)19-15)13(18)10-20-14-8-6-5-7-12(14)17/h5-8,11,13H,9-10,18H2,1-4H3. The summed E-state index contributed by atoms with van der Waals surface area (Å²) < 4.78 is 19.7. The molecule has 0 saturated carbocycles. The lowest BCUT2D eigenvalue weighted by Crippen LogP contribution is -2.42. The molecule has 1 heterocycles. The Kier molecular flexibility index (Phi) is 4.47. The van der Waals surface area contributed by atoms with E-state index in [0.717, 1.165) is 6.42 Å². The molecular formula is C16H24FNOS. The Morgan fingerprint density at radius 2 is 2.00 bits per heavy atom. The van der Waals surface area contributed by atoms with Crippen molar-refractivity contribution in [3.63, 3.8) is 0 Å². The van der Waals surface area contributed by atoms with Crippen molar-refractivity contribution in [3.05, 3.63) is 30.1 Å². The van der Waals surface area contributed by atoms with E-state index in [2.05, 4.69) is 27.7 Å². The topological polar surface area (TPSA) is 35.2 Å². The maximum atomic E-state index is 13.6. The number of ether oxygens (including phenoxy) is 1. The van der Waals surface area contributed by atoms with Gasteiger partial charge < -0.3 is 10.5 Å².